The largest absolute Gasteiger partial charge is 0.371 e. The zero-order chi connectivity index (χ0) is 46.8. The second-order valence-electron chi connectivity index (χ2n) is 17.7. The number of para-hydroxylation sites is 2. The van der Waals surface area contributed by atoms with Crippen LogP contribution in [0, 0.1) is 41.5 Å². The third kappa shape index (κ3) is 16.1. The van der Waals surface area contributed by atoms with Gasteiger partial charge in [-0.1, -0.05) is 125 Å². The summed E-state index contributed by atoms with van der Waals surface area (Å²) in [6.07, 6.45) is 6.18. The number of hydrogen-bond donors (Lipinski definition) is 1. The van der Waals surface area contributed by atoms with Crippen LogP contribution in [-0.2, 0) is 0 Å². The van der Waals surface area contributed by atoms with E-state index in [1.54, 1.807) is 11.8 Å². The minimum absolute atomic E-state index is 1.04. The highest BCUT2D eigenvalue weighted by Crippen LogP contribution is 2.39. The number of piperidine rings is 1. The Morgan fingerprint density at radius 1 is 0.485 bits per heavy atom. The van der Waals surface area contributed by atoms with Gasteiger partial charge in [-0.15, -0.1) is 0 Å². The zero-order valence-corrected chi connectivity index (χ0v) is 44.6. The molecule has 0 aliphatic carbocycles. The van der Waals surface area contributed by atoms with Gasteiger partial charge >= 0.3 is 0 Å². The Morgan fingerprint density at radius 3 is 1.32 bits per heavy atom. The van der Waals surface area contributed by atoms with Crippen LogP contribution in [0.2, 0.25) is 0 Å². The number of halogens is 1. The van der Waals surface area contributed by atoms with Crippen molar-refractivity contribution < 1.29 is 4.58 Å². The SMILES string of the molecule is C[N+]1=CCNCC1.Cc1ccc(Sc2ccccc2Br)c(C)c1.Cc1ccc(Sc2ccccc2N2CCCCC2)c(C)c1.Cc1ccc(Sc2ccccc2N2CCN(C)CC2)c(C)c1. The summed E-state index contributed by atoms with van der Waals surface area (Å²) in [6, 6.07) is 46.0. The van der Waals surface area contributed by atoms with E-state index in [4.69, 9.17) is 0 Å². The summed E-state index contributed by atoms with van der Waals surface area (Å²) in [5.41, 5.74) is 10.8. The van der Waals surface area contributed by atoms with E-state index in [-0.39, 0.29) is 0 Å². The molecule has 1 N–H and O–H groups in total. The van der Waals surface area contributed by atoms with Crippen molar-refractivity contribution in [2.24, 2.45) is 0 Å². The third-order valence-electron chi connectivity index (χ3n) is 11.9. The van der Waals surface area contributed by atoms with Crippen LogP contribution in [0.4, 0.5) is 11.4 Å². The van der Waals surface area contributed by atoms with Crippen molar-refractivity contribution in [3.05, 3.63) is 165 Å². The number of aryl methyl sites for hydroxylation is 6. The fourth-order valence-electron chi connectivity index (χ4n) is 8.09. The first kappa shape index (κ1) is 51.4. The van der Waals surface area contributed by atoms with E-state index < -0.39 is 0 Å². The Hall–Kier alpha value is -3.96. The van der Waals surface area contributed by atoms with Crippen LogP contribution < -0.4 is 15.1 Å². The van der Waals surface area contributed by atoms with Crippen molar-refractivity contribution in [3.8, 4) is 0 Å². The Bertz CT molecular complexity index is 2490. The van der Waals surface area contributed by atoms with Gasteiger partial charge in [-0.05, 0) is 155 Å². The van der Waals surface area contributed by atoms with E-state index in [9.17, 15) is 0 Å². The summed E-state index contributed by atoms with van der Waals surface area (Å²) in [7, 11) is 4.30. The molecular formula is C57H71BrN5S3+. The van der Waals surface area contributed by atoms with Gasteiger partial charge in [-0.3, -0.25) is 0 Å². The van der Waals surface area contributed by atoms with Crippen LogP contribution >= 0.6 is 51.2 Å². The number of hydrogen-bond acceptors (Lipinski definition) is 7. The molecule has 6 aromatic carbocycles. The number of nitrogens with one attached hydrogen (secondary N) is 1. The normalized spacial score (nSPS) is 15.0. The second-order valence-corrected chi connectivity index (χ2v) is 21.8. The average molecular weight is 1000 g/mol. The van der Waals surface area contributed by atoms with E-state index >= 15 is 0 Å². The molecule has 5 nitrogen and oxygen atoms in total. The van der Waals surface area contributed by atoms with Crippen molar-refractivity contribution in [1.82, 2.24) is 10.2 Å². The number of piperazine rings is 1. The second kappa shape index (κ2) is 26.5. The van der Waals surface area contributed by atoms with E-state index in [1.165, 1.54) is 106 Å². The standard InChI is InChI=1S/C19H24N2S.C19H23NS.C14H13BrS.C5H11N2/c1-15-8-9-18(16(2)14-15)22-19-7-5-4-6-17(19)21-12-10-20(3)11-13-21;1-15-10-11-18(16(2)14-15)21-19-9-5-4-8-17(19)20-12-6-3-7-13-20;1-10-7-8-13(11(2)9-10)16-14-6-4-3-5-12(14)15;1-7-4-2-6-3-5-7/h4-9,14H,10-13H2,1-3H3;4-5,8-11,14H,3,6-7,12-13H2,1-2H3;3-9H,1-2H3;4,6H,2-3,5H2,1H3/q;;;+1. The van der Waals surface area contributed by atoms with Crippen LogP contribution in [0.15, 0.2) is 161 Å². The van der Waals surface area contributed by atoms with Gasteiger partial charge in [0.1, 0.15) is 7.05 Å². The number of likely N-dealkylation sites (N-methyl/N-ethyl adjacent to an activating group) is 2. The molecule has 3 aliphatic heterocycles. The summed E-state index contributed by atoms with van der Waals surface area (Å²) < 4.78 is 3.36. The number of rotatable bonds is 8. The monoisotopic (exact) mass is 1000 g/mol. The summed E-state index contributed by atoms with van der Waals surface area (Å²) in [5.74, 6) is 0. The van der Waals surface area contributed by atoms with Crippen molar-refractivity contribution in [2.45, 2.75) is 90.2 Å². The lowest BCUT2D eigenvalue weighted by atomic mass is 10.1. The van der Waals surface area contributed by atoms with Gasteiger partial charge < -0.3 is 20.0 Å². The molecular weight excluding hydrogens is 931 g/mol. The average Bonchev–Trinajstić information content (AvgIpc) is 3.32. The number of nitrogens with zero attached hydrogens (tertiary/aromatic N) is 4. The van der Waals surface area contributed by atoms with Crippen LogP contribution in [0.25, 0.3) is 0 Å². The van der Waals surface area contributed by atoms with Crippen LogP contribution in [-0.4, -0.2) is 88.7 Å². The molecule has 3 aliphatic rings. The highest BCUT2D eigenvalue weighted by atomic mass is 79.9. The van der Waals surface area contributed by atoms with Gasteiger partial charge in [0.2, 0.25) is 0 Å². The molecule has 0 radical (unpaired) electrons. The first-order valence-corrected chi connectivity index (χ1v) is 26.8. The lowest BCUT2D eigenvalue weighted by Gasteiger charge is -2.35. The molecule has 66 heavy (non-hydrogen) atoms. The highest BCUT2D eigenvalue weighted by Gasteiger charge is 2.18. The van der Waals surface area contributed by atoms with Crippen LogP contribution in [0.5, 0.6) is 0 Å². The molecule has 9 rings (SSSR count). The molecule has 9 heteroatoms. The van der Waals surface area contributed by atoms with Gasteiger partial charge in [0, 0.05) is 73.1 Å². The van der Waals surface area contributed by atoms with Gasteiger partial charge in [-0.25, -0.2) is 4.58 Å². The summed E-state index contributed by atoms with van der Waals surface area (Å²) in [5, 5.41) is 3.22. The molecule has 0 amide bonds. The summed E-state index contributed by atoms with van der Waals surface area (Å²) >= 11 is 9.16. The van der Waals surface area contributed by atoms with Gasteiger partial charge in [0.15, 0.2) is 12.8 Å². The van der Waals surface area contributed by atoms with Crippen LogP contribution in [0.3, 0.4) is 0 Å². The molecule has 6 aromatic rings. The molecule has 2 fully saturated rings. The molecule has 0 saturated carbocycles. The predicted molar refractivity (Wildman–Crippen MR) is 293 cm³/mol. The summed E-state index contributed by atoms with van der Waals surface area (Å²) in [6.45, 7) is 23.2. The quantitative estimate of drug-likeness (QED) is 0.152. The fraction of sp³-hybridized carbons (Fsp3) is 0.351. The molecule has 2 saturated heterocycles. The molecule has 0 aromatic heterocycles. The maximum absolute atomic E-state index is 3.57. The Balaban J connectivity index is 0.000000154. The molecule has 0 bridgehead atoms. The highest BCUT2D eigenvalue weighted by molar-refractivity contribution is 9.10. The molecule has 348 valence electrons. The van der Waals surface area contributed by atoms with Gasteiger partial charge in [0.25, 0.3) is 0 Å². The molecule has 0 atom stereocenters. The maximum atomic E-state index is 3.57. The topological polar surface area (TPSA) is 24.8 Å². The van der Waals surface area contributed by atoms with Gasteiger partial charge in [0.05, 0.1) is 24.5 Å². The van der Waals surface area contributed by atoms with Crippen LogP contribution in [0.1, 0.15) is 52.6 Å². The van der Waals surface area contributed by atoms with Gasteiger partial charge in [-0.2, -0.15) is 0 Å². The van der Waals surface area contributed by atoms with E-state index in [0.29, 0.717) is 0 Å². The smallest absolute Gasteiger partial charge is 0.154 e. The van der Waals surface area contributed by atoms with E-state index in [2.05, 4.69) is 224 Å². The number of benzene rings is 6. The van der Waals surface area contributed by atoms with Crippen molar-refractivity contribution >= 4 is 68.8 Å². The van der Waals surface area contributed by atoms with Crippen molar-refractivity contribution in [1.29, 1.82) is 0 Å². The molecule has 3 heterocycles. The lowest BCUT2D eigenvalue weighted by Crippen LogP contribution is -2.44. The summed E-state index contributed by atoms with van der Waals surface area (Å²) in [4.78, 5) is 15.5. The minimum atomic E-state index is 1.04. The van der Waals surface area contributed by atoms with Crippen molar-refractivity contribution in [2.75, 3.05) is 82.8 Å². The first-order chi connectivity index (χ1) is 31.9. The Morgan fingerprint density at radius 2 is 0.909 bits per heavy atom. The number of anilines is 2. The Labute approximate surface area is 419 Å². The first-order valence-electron chi connectivity index (χ1n) is 23.5. The van der Waals surface area contributed by atoms with E-state index in [1.807, 2.05) is 29.6 Å². The maximum Gasteiger partial charge on any atom is 0.154 e. The Kier molecular flexibility index (Phi) is 20.7. The van der Waals surface area contributed by atoms with Crippen molar-refractivity contribution in [3.63, 3.8) is 0 Å². The fourth-order valence-corrected chi connectivity index (χ4v) is 11.6. The molecule has 0 unspecified atom stereocenters. The van der Waals surface area contributed by atoms with E-state index in [0.717, 1.165) is 50.3 Å². The molecule has 0 spiro atoms. The zero-order valence-electron chi connectivity index (χ0n) is 40.6. The predicted octanol–water partition coefficient (Wildman–Crippen LogP) is 14.2. The third-order valence-corrected chi connectivity index (χ3v) is 16.6. The minimum Gasteiger partial charge on any atom is -0.371 e. The lowest BCUT2D eigenvalue weighted by molar-refractivity contribution is -0.494.